The van der Waals surface area contributed by atoms with Gasteiger partial charge in [0.1, 0.15) is 9.96 Å². The first-order valence-corrected chi connectivity index (χ1v) is 12.6. The van der Waals surface area contributed by atoms with Crippen molar-refractivity contribution in [1.29, 1.82) is 0 Å². The Morgan fingerprint density at radius 3 is 2.65 bits per heavy atom. The van der Waals surface area contributed by atoms with Crippen LogP contribution in [-0.4, -0.2) is 34.6 Å². The van der Waals surface area contributed by atoms with E-state index in [4.69, 9.17) is 4.74 Å². The first-order chi connectivity index (χ1) is 14.9. The number of hydrogen-bond acceptors (Lipinski definition) is 6. The van der Waals surface area contributed by atoms with Crippen LogP contribution in [0.25, 0.3) is 0 Å². The predicted octanol–water partition coefficient (Wildman–Crippen LogP) is 4.05. The maximum absolute atomic E-state index is 12.7. The van der Waals surface area contributed by atoms with Crippen LogP contribution in [0.2, 0.25) is 0 Å². The monoisotopic (exact) mass is 457 g/mol. The summed E-state index contributed by atoms with van der Waals surface area (Å²) in [7, 11) is -3.61. The molecule has 31 heavy (non-hydrogen) atoms. The Morgan fingerprint density at radius 1 is 1.06 bits per heavy atom. The van der Waals surface area contributed by atoms with E-state index in [1.807, 2.05) is 44.2 Å². The third-order valence-electron chi connectivity index (χ3n) is 5.29. The maximum Gasteiger partial charge on any atom is 0.250 e. The zero-order chi connectivity index (χ0) is 21.8. The minimum atomic E-state index is -3.61. The van der Waals surface area contributed by atoms with Crippen molar-refractivity contribution in [2.24, 2.45) is 0 Å². The molecule has 2 aromatic carbocycles. The van der Waals surface area contributed by atoms with Crippen LogP contribution < -0.4 is 19.7 Å². The van der Waals surface area contributed by atoms with Gasteiger partial charge in [-0.3, -0.25) is 0 Å². The number of benzene rings is 2. The number of piperazine rings is 1. The van der Waals surface area contributed by atoms with Crippen LogP contribution in [0.5, 0.6) is 10.8 Å². The summed E-state index contributed by atoms with van der Waals surface area (Å²) < 4.78 is 34.4. The number of sulfonamides is 1. The quantitative estimate of drug-likeness (QED) is 0.560. The molecular formula is C23H27N3O3S2. The summed E-state index contributed by atoms with van der Waals surface area (Å²) in [4.78, 5) is 2.31. The first-order valence-electron chi connectivity index (χ1n) is 10.3. The molecular weight excluding hydrogens is 430 g/mol. The van der Waals surface area contributed by atoms with Crippen molar-refractivity contribution < 1.29 is 13.2 Å². The minimum absolute atomic E-state index is 0.241. The lowest BCUT2D eigenvalue weighted by molar-refractivity contribution is 0.496. The molecule has 0 aliphatic carbocycles. The first kappa shape index (κ1) is 21.8. The lowest BCUT2D eigenvalue weighted by Gasteiger charge is -2.29. The van der Waals surface area contributed by atoms with Crippen LogP contribution in [0.1, 0.15) is 16.7 Å². The Morgan fingerprint density at radius 2 is 1.87 bits per heavy atom. The van der Waals surface area contributed by atoms with Crippen molar-refractivity contribution in [2.45, 2.75) is 24.6 Å². The molecule has 8 heteroatoms. The van der Waals surface area contributed by atoms with Crippen molar-refractivity contribution in [3.8, 4) is 10.8 Å². The molecule has 6 nitrogen and oxygen atoms in total. The Kier molecular flexibility index (Phi) is 6.62. The van der Waals surface area contributed by atoms with E-state index < -0.39 is 10.0 Å². The highest BCUT2D eigenvalue weighted by atomic mass is 32.2. The van der Waals surface area contributed by atoms with Gasteiger partial charge in [0, 0.05) is 44.5 Å². The molecule has 1 fully saturated rings. The molecule has 1 aliphatic heterocycles. The Bertz CT molecular complexity index is 1150. The summed E-state index contributed by atoms with van der Waals surface area (Å²) in [5.74, 6) is 0.699. The Labute approximate surface area is 187 Å². The second-order valence-electron chi connectivity index (χ2n) is 7.66. The number of aryl methyl sites for hydroxylation is 2. The highest BCUT2D eigenvalue weighted by Gasteiger charge is 2.18. The highest BCUT2D eigenvalue weighted by Crippen LogP contribution is 2.33. The molecule has 0 spiro atoms. The summed E-state index contributed by atoms with van der Waals surface area (Å²) in [5.41, 5.74) is 4.30. The van der Waals surface area contributed by atoms with E-state index in [0.29, 0.717) is 10.8 Å². The predicted molar refractivity (Wildman–Crippen MR) is 126 cm³/mol. The number of nitrogens with one attached hydrogen (secondary N) is 2. The standard InChI is InChI=1S/C23H27N3O3S2/c1-17-6-7-19(18(2)14-17)16-25-31(27,28)23-9-8-22(30-23)29-21-5-3-4-20(15-21)26-12-10-24-11-13-26/h3-9,14-15,24-25H,10-13,16H2,1-2H3. The maximum atomic E-state index is 12.7. The SMILES string of the molecule is Cc1ccc(CNS(=O)(=O)c2ccc(Oc3cccc(N4CCNCC4)c3)s2)c(C)c1. The summed E-state index contributed by atoms with van der Waals surface area (Å²) in [5, 5.41) is 3.89. The van der Waals surface area contributed by atoms with Gasteiger partial charge in [-0.15, -0.1) is 0 Å². The van der Waals surface area contributed by atoms with Crippen LogP contribution in [-0.2, 0) is 16.6 Å². The second kappa shape index (κ2) is 9.40. The topological polar surface area (TPSA) is 70.7 Å². The average molecular weight is 458 g/mol. The second-order valence-corrected chi connectivity index (χ2v) is 10.7. The summed E-state index contributed by atoms with van der Waals surface area (Å²) in [6, 6.07) is 17.2. The summed E-state index contributed by atoms with van der Waals surface area (Å²) >= 11 is 1.12. The van der Waals surface area contributed by atoms with Crippen LogP contribution in [0.15, 0.2) is 58.8 Å². The average Bonchev–Trinajstić information content (AvgIpc) is 3.23. The molecule has 0 saturated carbocycles. The van der Waals surface area contributed by atoms with Gasteiger partial charge in [-0.25, -0.2) is 13.1 Å². The summed E-state index contributed by atoms with van der Waals surface area (Å²) in [6.07, 6.45) is 0. The molecule has 0 bridgehead atoms. The molecule has 2 heterocycles. The molecule has 0 atom stereocenters. The number of hydrogen-bond donors (Lipinski definition) is 2. The van der Waals surface area contributed by atoms with Crippen molar-refractivity contribution in [1.82, 2.24) is 10.0 Å². The van der Waals surface area contributed by atoms with E-state index in [1.165, 1.54) is 0 Å². The zero-order valence-corrected chi connectivity index (χ0v) is 19.4. The fourth-order valence-electron chi connectivity index (χ4n) is 3.57. The van der Waals surface area contributed by atoms with E-state index in [2.05, 4.69) is 27.1 Å². The Balaban J connectivity index is 1.42. The molecule has 0 radical (unpaired) electrons. The van der Waals surface area contributed by atoms with Gasteiger partial charge in [0.2, 0.25) is 10.0 Å². The van der Waals surface area contributed by atoms with Crippen LogP contribution in [0, 0.1) is 13.8 Å². The van der Waals surface area contributed by atoms with Crippen molar-refractivity contribution >= 4 is 27.0 Å². The van der Waals surface area contributed by atoms with Crippen LogP contribution >= 0.6 is 11.3 Å². The van der Waals surface area contributed by atoms with E-state index in [-0.39, 0.29) is 10.8 Å². The van der Waals surface area contributed by atoms with Gasteiger partial charge in [0.25, 0.3) is 0 Å². The van der Waals surface area contributed by atoms with Gasteiger partial charge in [-0.05, 0) is 49.2 Å². The van der Waals surface area contributed by atoms with E-state index in [0.717, 1.165) is 59.9 Å². The van der Waals surface area contributed by atoms with E-state index >= 15 is 0 Å². The smallest absolute Gasteiger partial charge is 0.250 e. The van der Waals surface area contributed by atoms with Crippen molar-refractivity contribution in [3.63, 3.8) is 0 Å². The van der Waals surface area contributed by atoms with Gasteiger partial charge in [-0.2, -0.15) is 0 Å². The van der Waals surface area contributed by atoms with Crippen molar-refractivity contribution in [2.75, 3.05) is 31.1 Å². The number of anilines is 1. The number of ether oxygens (including phenoxy) is 1. The third kappa shape index (κ3) is 5.46. The van der Waals surface area contributed by atoms with Crippen molar-refractivity contribution in [3.05, 3.63) is 71.3 Å². The van der Waals surface area contributed by atoms with Crippen LogP contribution in [0.3, 0.4) is 0 Å². The third-order valence-corrected chi connectivity index (χ3v) is 8.15. The van der Waals surface area contributed by atoms with Gasteiger partial charge >= 0.3 is 0 Å². The largest absolute Gasteiger partial charge is 0.447 e. The fraction of sp³-hybridized carbons (Fsp3) is 0.304. The molecule has 164 valence electrons. The Hall–Kier alpha value is -2.39. The molecule has 2 N–H and O–H groups in total. The summed E-state index contributed by atoms with van der Waals surface area (Å²) in [6.45, 7) is 8.11. The molecule has 3 aromatic rings. The lowest BCUT2D eigenvalue weighted by Crippen LogP contribution is -2.43. The number of nitrogens with zero attached hydrogens (tertiary/aromatic N) is 1. The molecule has 0 amide bonds. The van der Waals surface area contributed by atoms with Gasteiger partial charge < -0.3 is 15.0 Å². The van der Waals surface area contributed by atoms with Gasteiger partial charge in [0.05, 0.1) is 0 Å². The molecule has 0 unspecified atom stereocenters. The minimum Gasteiger partial charge on any atom is -0.447 e. The normalized spacial score (nSPS) is 14.6. The number of rotatable bonds is 7. The fourth-order valence-corrected chi connectivity index (χ4v) is 5.78. The molecule has 1 aromatic heterocycles. The molecule has 1 aliphatic rings. The zero-order valence-electron chi connectivity index (χ0n) is 17.7. The van der Waals surface area contributed by atoms with Gasteiger partial charge in [-0.1, -0.05) is 41.2 Å². The lowest BCUT2D eigenvalue weighted by atomic mass is 10.1. The van der Waals surface area contributed by atoms with E-state index in [9.17, 15) is 8.42 Å². The van der Waals surface area contributed by atoms with Crippen LogP contribution in [0.4, 0.5) is 5.69 Å². The molecule has 4 rings (SSSR count). The molecule has 1 saturated heterocycles. The van der Waals surface area contributed by atoms with Gasteiger partial charge in [0.15, 0.2) is 5.06 Å². The highest BCUT2D eigenvalue weighted by molar-refractivity contribution is 7.91. The van der Waals surface area contributed by atoms with E-state index in [1.54, 1.807) is 12.1 Å². The number of thiophene rings is 1.